The molecule has 0 aliphatic carbocycles. The molecule has 1 aromatic carbocycles. The molecule has 0 bridgehead atoms. The van der Waals surface area contributed by atoms with Crippen molar-refractivity contribution in [3.05, 3.63) is 35.3 Å². The van der Waals surface area contributed by atoms with Gasteiger partial charge in [0.1, 0.15) is 5.75 Å². The molecule has 0 spiro atoms. The normalized spacial score (nSPS) is 10.1. The van der Waals surface area contributed by atoms with Gasteiger partial charge in [0.15, 0.2) is 5.13 Å². The summed E-state index contributed by atoms with van der Waals surface area (Å²) in [5, 5.41) is 5.97. The molecule has 0 amide bonds. The number of nitrogens with zero attached hydrogens (tertiary/aromatic N) is 1. The molecule has 1 aromatic heterocycles. The second kappa shape index (κ2) is 4.96. The molecule has 0 atom stereocenters. The Hall–Kier alpha value is -1.59. The predicted octanol–water partition coefficient (Wildman–Crippen LogP) is 2.35. The summed E-state index contributed by atoms with van der Waals surface area (Å²) in [5.74, 6) is 0.798. The van der Waals surface area contributed by atoms with E-state index in [1.807, 2.05) is 29.6 Å². The van der Waals surface area contributed by atoms with E-state index in [-0.39, 0.29) is 0 Å². The highest BCUT2D eigenvalue weighted by molar-refractivity contribution is 7.13. The summed E-state index contributed by atoms with van der Waals surface area (Å²) < 4.78 is 5.24. The van der Waals surface area contributed by atoms with Crippen LogP contribution < -0.4 is 15.8 Å². The Morgan fingerprint density at radius 2 is 2.25 bits per heavy atom. The van der Waals surface area contributed by atoms with Gasteiger partial charge in [-0.2, -0.15) is 0 Å². The number of anilines is 2. The number of rotatable bonds is 4. The minimum absolute atomic E-state index is 0.462. The molecule has 0 saturated carbocycles. The van der Waals surface area contributed by atoms with Gasteiger partial charge in [-0.25, -0.2) is 4.98 Å². The Balaban J connectivity index is 2.19. The van der Waals surface area contributed by atoms with Gasteiger partial charge in [-0.05, 0) is 12.1 Å². The Morgan fingerprint density at radius 1 is 1.44 bits per heavy atom. The van der Waals surface area contributed by atoms with Crippen LogP contribution in [-0.2, 0) is 6.54 Å². The lowest BCUT2D eigenvalue weighted by Gasteiger charge is -2.07. The summed E-state index contributed by atoms with van der Waals surface area (Å²) in [7, 11) is 1.65. The van der Waals surface area contributed by atoms with Crippen LogP contribution in [0.3, 0.4) is 0 Å². The van der Waals surface area contributed by atoms with Crippen molar-refractivity contribution in [3.8, 4) is 5.75 Å². The number of hydrogen-bond donors (Lipinski definition) is 2. The van der Waals surface area contributed by atoms with Crippen molar-refractivity contribution in [1.82, 2.24) is 4.98 Å². The van der Waals surface area contributed by atoms with Crippen molar-refractivity contribution >= 4 is 22.2 Å². The van der Waals surface area contributed by atoms with Crippen molar-refractivity contribution in [2.45, 2.75) is 6.54 Å². The van der Waals surface area contributed by atoms with E-state index in [1.165, 1.54) is 11.3 Å². The van der Waals surface area contributed by atoms with Crippen LogP contribution in [0.25, 0.3) is 0 Å². The van der Waals surface area contributed by atoms with Crippen LogP contribution in [0.4, 0.5) is 10.8 Å². The molecule has 0 saturated heterocycles. The first-order valence-electron chi connectivity index (χ1n) is 4.88. The molecule has 3 N–H and O–H groups in total. The zero-order chi connectivity index (χ0) is 11.4. The van der Waals surface area contributed by atoms with Crippen LogP contribution in [0.15, 0.2) is 29.6 Å². The summed E-state index contributed by atoms with van der Waals surface area (Å²) >= 11 is 1.53. The number of ether oxygens (including phenoxy) is 1. The lowest BCUT2D eigenvalue weighted by molar-refractivity contribution is 0.417. The topological polar surface area (TPSA) is 60.2 Å². The number of aromatic nitrogens is 1. The van der Waals surface area contributed by atoms with Crippen molar-refractivity contribution in [2.24, 2.45) is 5.73 Å². The second-order valence-corrected chi connectivity index (χ2v) is 4.03. The third kappa shape index (κ3) is 2.32. The molecule has 2 rings (SSSR count). The van der Waals surface area contributed by atoms with Crippen LogP contribution in [0.2, 0.25) is 0 Å². The van der Waals surface area contributed by atoms with Gasteiger partial charge in [-0.3, -0.25) is 0 Å². The quantitative estimate of drug-likeness (QED) is 0.854. The van der Waals surface area contributed by atoms with Gasteiger partial charge in [-0.15, -0.1) is 11.3 Å². The van der Waals surface area contributed by atoms with Crippen molar-refractivity contribution < 1.29 is 4.74 Å². The summed E-state index contributed by atoms with van der Waals surface area (Å²) in [4.78, 5) is 4.33. The highest BCUT2D eigenvalue weighted by Gasteiger charge is 2.04. The molecule has 84 valence electrons. The van der Waals surface area contributed by atoms with E-state index in [4.69, 9.17) is 10.5 Å². The van der Waals surface area contributed by atoms with Gasteiger partial charge < -0.3 is 15.8 Å². The molecule has 0 radical (unpaired) electrons. The number of hydrogen-bond acceptors (Lipinski definition) is 5. The molecule has 0 fully saturated rings. The van der Waals surface area contributed by atoms with E-state index in [0.29, 0.717) is 6.54 Å². The molecule has 0 unspecified atom stereocenters. The lowest BCUT2D eigenvalue weighted by Crippen LogP contribution is -1.97. The maximum atomic E-state index is 5.50. The smallest absolute Gasteiger partial charge is 0.187 e. The molecule has 16 heavy (non-hydrogen) atoms. The van der Waals surface area contributed by atoms with E-state index in [2.05, 4.69) is 10.3 Å². The van der Waals surface area contributed by atoms with Crippen molar-refractivity contribution in [1.29, 1.82) is 0 Å². The predicted molar refractivity (Wildman–Crippen MR) is 66.3 cm³/mol. The van der Waals surface area contributed by atoms with Gasteiger partial charge >= 0.3 is 0 Å². The maximum absolute atomic E-state index is 5.50. The van der Waals surface area contributed by atoms with E-state index in [1.54, 1.807) is 7.11 Å². The molecule has 4 nitrogen and oxygen atoms in total. The zero-order valence-electron chi connectivity index (χ0n) is 8.93. The van der Waals surface area contributed by atoms with Gasteiger partial charge in [0.2, 0.25) is 0 Å². The summed E-state index contributed by atoms with van der Waals surface area (Å²) in [6.07, 6.45) is 0. The first-order chi connectivity index (χ1) is 7.83. The fourth-order valence-corrected chi connectivity index (χ4v) is 2.06. The number of benzene rings is 1. The number of methoxy groups -OCH3 is 1. The Morgan fingerprint density at radius 3 is 2.94 bits per heavy atom. The van der Waals surface area contributed by atoms with Gasteiger partial charge in [-0.1, -0.05) is 12.1 Å². The van der Waals surface area contributed by atoms with E-state index in [0.717, 1.165) is 22.3 Å². The maximum Gasteiger partial charge on any atom is 0.187 e. The Bertz CT molecular complexity index is 470. The SMILES string of the molecule is COc1ccccc1Nc1nc(CN)cs1. The zero-order valence-corrected chi connectivity index (χ0v) is 9.75. The number of nitrogens with one attached hydrogen (secondary N) is 1. The molecular formula is C11H13N3OS. The van der Waals surface area contributed by atoms with Crippen molar-refractivity contribution in [2.75, 3.05) is 12.4 Å². The number of nitrogens with two attached hydrogens (primary N) is 1. The molecule has 0 aliphatic heterocycles. The first kappa shape index (κ1) is 10.9. The van der Waals surface area contributed by atoms with Gasteiger partial charge in [0.25, 0.3) is 0 Å². The standard InChI is InChI=1S/C11H13N3OS/c1-15-10-5-3-2-4-9(10)14-11-13-8(6-12)7-16-11/h2-5,7H,6,12H2,1H3,(H,13,14). The summed E-state index contributed by atoms with van der Waals surface area (Å²) in [6, 6.07) is 7.72. The Labute approximate surface area is 98.1 Å². The van der Waals surface area contributed by atoms with E-state index < -0.39 is 0 Å². The average molecular weight is 235 g/mol. The summed E-state index contributed by atoms with van der Waals surface area (Å²) in [5.41, 5.74) is 7.30. The van der Waals surface area contributed by atoms with E-state index in [9.17, 15) is 0 Å². The monoisotopic (exact) mass is 235 g/mol. The minimum Gasteiger partial charge on any atom is -0.495 e. The molecular weight excluding hydrogens is 222 g/mol. The second-order valence-electron chi connectivity index (χ2n) is 3.17. The van der Waals surface area contributed by atoms with Crippen LogP contribution in [0.5, 0.6) is 5.75 Å². The minimum atomic E-state index is 0.462. The fourth-order valence-electron chi connectivity index (χ4n) is 1.32. The highest BCUT2D eigenvalue weighted by Crippen LogP contribution is 2.28. The number of para-hydroxylation sites is 2. The highest BCUT2D eigenvalue weighted by atomic mass is 32.1. The van der Waals surface area contributed by atoms with Gasteiger partial charge in [0.05, 0.1) is 18.5 Å². The van der Waals surface area contributed by atoms with Crippen LogP contribution >= 0.6 is 11.3 Å². The summed E-state index contributed by atoms with van der Waals surface area (Å²) in [6.45, 7) is 0.462. The third-order valence-electron chi connectivity index (χ3n) is 2.11. The number of thiazole rings is 1. The van der Waals surface area contributed by atoms with Crippen LogP contribution in [0, 0.1) is 0 Å². The first-order valence-corrected chi connectivity index (χ1v) is 5.76. The van der Waals surface area contributed by atoms with E-state index >= 15 is 0 Å². The molecule has 0 aliphatic rings. The average Bonchev–Trinajstić information content (AvgIpc) is 2.77. The van der Waals surface area contributed by atoms with Gasteiger partial charge in [0, 0.05) is 11.9 Å². The largest absolute Gasteiger partial charge is 0.495 e. The molecule has 5 heteroatoms. The molecule has 1 heterocycles. The van der Waals surface area contributed by atoms with Crippen LogP contribution in [-0.4, -0.2) is 12.1 Å². The molecule has 2 aromatic rings. The Kier molecular flexibility index (Phi) is 3.38. The van der Waals surface area contributed by atoms with Crippen LogP contribution in [0.1, 0.15) is 5.69 Å². The lowest BCUT2D eigenvalue weighted by atomic mass is 10.3. The van der Waals surface area contributed by atoms with Crippen molar-refractivity contribution in [3.63, 3.8) is 0 Å². The fraction of sp³-hybridized carbons (Fsp3) is 0.182. The third-order valence-corrected chi connectivity index (χ3v) is 2.92.